The molecular formula is C28H32ClF3N4O4. The zero-order chi connectivity index (χ0) is 27.6. The Kier molecular flexibility index (Phi) is 8.94. The lowest BCUT2D eigenvalue weighted by molar-refractivity contribution is -0.274. The topological polar surface area (TPSA) is 91.0 Å². The number of hydrogen-bond donors (Lipinski definition) is 2. The summed E-state index contributed by atoms with van der Waals surface area (Å²) >= 11 is 0. The van der Waals surface area contributed by atoms with Crippen molar-refractivity contribution in [3.05, 3.63) is 65.7 Å². The maximum Gasteiger partial charge on any atom is 0.573 e. The van der Waals surface area contributed by atoms with E-state index in [0.29, 0.717) is 31.5 Å². The van der Waals surface area contributed by atoms with Crippen LogP contribution in [0.5, 0.6) is 5.75 Å². The average molecular weight is 581 g/mol. The number of ether oxygens (including phenoxy) is 1. The van der Waals surface area contributed by atoms with Crippen molar-refractivity contribution < 1.29 is 32.3 Å². The molecule has 2 heterocycles. The van der Waals surface area contributed by atoms with Gasteiger partial charge in [0.15, 0.2) is 0 Å². The number of carbonyl (C=O) groups excluding carboxylic acids is 3. The Hall–Kier alpha value is -3.31. The molecule has 4 amide bonds. The molecule has 40 heavy (non-hydrogen) atoms. The molecule has 8 nitrogen and oxygen atoms in total. The SMILES string of the molecule is Cl.O=C(N[C@@H](CCN1CCC2(CC1)NC(=O)N(Cc1ccc(OC(F)(F)F)cc1)C2=O)c1ccccc1)C1CC1. The molecule has 2 saturated heterocycles. The Balaban J connectivity index is 0.00000370. The van der Waals surface area contributed by atoms with Crippen LogP contribution in [0.2, 0.25) is 0 Å². The summed E-state index contributed by atoms with van der Waals surface area (Å²) in [4.78, 5) is 41.8. The smallest absolute Gasteiger partial charge is 0.406 e. The maximum absolute atomic E-state index is 13.3. The Morgan fingerprint density at radius 1 is 1.05 bits per heavy atom. The molecule has 1 aliphatic carbocycles. The van der Waals surface area contributed by atoms with Crippen molar-refractivity contribution in [2.45, 2.75) is 56.6 Å². The third kappa shape index (κ3) is 7.06. The minimum absolute atomic E-state index is 0. The predicted octanol–water partition coefficient (Wildman–Crippen LogP) is 4.55. The fourth-order valence-electron chi connectivity index (χ4n) is 5.25. The highest BCUT2D eigenvalue weighted by molar-refractivity contribution is 6.07. The Bertz CT molecular complexity index is 1200. The molecule has 216 valence electrons. The minimum atomic E-state index is -4.79. The Labute approximate surface area is 236 Å². The number of piperidine rings is 1. The van der Waals surface area contributed by atoms with Gasteiger partial charge in [-0.25, -0.2) is 4.79 Å². The summed E-state index contributed by atoms with van der Waals surface area (Å²) in [7, 11) is 0. The lowest BCUT2D eigenvalue weighted by Crippen LogP contribution is -2.55. The van der Waals surface area contributed by atoms with E-state index in [2.05, 4.69) is 20.3 Å². The molecule has 12 heteroatoms. The van der Waals surface area contributed by atoms with Crippen molar-refractivity contribution in [3.63, 3.8) is 0 Å². The molecule has 2 aromatic rings. The Morgan fingerprint density at radius 3 is 2.30 bits per heavy atom. The van der Waals surface area contributed by atoms with E-state index in [1.54, 1.807) is 0 Å². The number of nitrogens with one attached hydrogen (secondary N) is 2. The lowest BCUT2D eigenvalue weighted by atomic mass is 9.87. The predicted molar refractivity (Wildman–Crippen MR) is 143 cm³/mol. The standard InChI is InChI=1S/C28H31F3N4O4.ClH/c29-28(30,31)39-22-10-6-19(7-11-22)18-35-25(37)27(33-26(35)38)13-16-34(17-14-27)15-12-23(20-4-2-1-3-5-20)32-24(36)21-8-9-21;/h1-7,10-11,21,23H,8-9,12-18H2,(H,32,36)(H,33,38);1H/t23-;/m0./s1. The number of urea groups is 1. The van der Waals surface area contributed by atoms with Gasteiger partial charge in [-0.1, -0.05) is 42.5 Å². The fourth-order valence-corrected chi connectivity index (χ4v) is 5.25. The third-order valence-corrected chi connectivity index (χ3v) is 7.65. The van der Waals surface area contributed by atoms with Gasteiger partial charge in [0, 0.05) is 25.6 Å². The first kappa shape index (κ1) is 29.7. The second-order valence-electron chi connectivity index (χ2n) is 10.5. The van der Waals surface area contributed by atoms with Crippen molar-refractivity contribution in [1.82, 2.24) is 20.4 Å². The first-order valence-electron chi connectivity index (χ1n) is 13.2. The van der Waals surface area contributed by atoms with E-state index in [1.165, 1.54) is 12.1 Å². The number of imide groups is 1. The number of carbonyl (C=O) groups is 3. The minimum Gasteiger partial charge on any atom is -0.406 e. The van der Waals surface area contributed by atoms with Gasteiger partial charge >= 0.3 is 12.4 Å². The molecule has 0 aromatic heterocycles. The van der Waals surface area contributed by atoms with Crippen LogP contribution in [0.1, 0.15) is 49.3 Å². The van der Waals surface area contributed by atoms with Gasteiger partial charge in [-0.3, -0.25) is 14.5 Å². The van der Waals surface area contributed by atoms with Gasteiger partial charge in [-0.15, -0.1) is 25.6 Å². The van der Waals surface area contributed by atoms with Gasteiger partial charge in [-0.2, -0.15) is 0 Å². The monoisotopic (exact) mass is 580 g/mol. The third-order valence-electron chi connectivity index (χ3n) is 7.65. The number of likely N-dealkylation sites (tertiary alicyclic amines) is 1. The molecule has 0 unspecified atom stereocenters. The molecule has 0 radical (unpaired) electrons. The molecule has 1 saturated carbocycles. The summed E-state index contributed by atoms with van der Waals surface area (Å²) in [6, 6.07) is 14.4. The first-order valence-corrected chi connectivity index (χ1v) is 13.2. The molecule has 5 rings (SSSR count). The molecule has 2 aromatic carbocycles. The summed E-state index contributed by atoms with van der Waals surface area (Å²) in [6.07, 6.45) is -1.27. The summed E-state index contributed by atoms with van der Waals surface area (Å²) in [5.74, 6) is -0.462. The van der Waals surface area contributed by atoms with E-state index in [4.69, 9.17) is 0 Å². The van der Waals surface area contributed by atoms with Crippen molar-refractivity contribution >= 4 is 30.3 Å². The van der Waals surface area contributed by atoms with Crippen LogP contribution in [0.3, 0.4) is 0 Å². The molecule has 1 spiro atoms. The van der Waals surface area contributed by atoms with E-state index in [9.17, 15) is 27.6 Å². The largest absolute Gasteiger partial charge is 0.573 e. The molecule has 0 bridgehead atoms. The number of benzene rings is 2. The quantitative estimate of drug-likeness (QED) is 0.425. The summed E-state index contributed by atoms with van der Waals surface area (Å²) < 4.78 is 41.1. The molecular weight excluding hydrogens is 549 g/mol. The van der Waals surface area contributed by atoms with Crippen LogP contribution in [0.4, 0.5) is 18.0 Å². The van der Waals surface area contributed by atoms with Gasteiger partial charge in [0.1, 0.15) is 11.3 Å². The van der Waals surface area contributed by atoms with Crippen LogP contribution in [-0.4, -0.2) is 59.2 Å². The first-order chi connectivity index (χ1) is 18.6. The molecule has 2 N–H and O–H groups in total. The molecule has 3 aliphatic rings. The van der Waals surface area contributed by atoms with Gasteiger partial charge in [0.2, 0.25) is 5.91 Å². The molecule has 3 fully saturated rings. The lowest BCUT2D eigenvalue weighted by Gasteiger charge is -2.37. The molecule has 2 aliphatic heterocycles. The number of hydrogen-bond acceptors (Lipinski definition) is 5. The zero-order valence-electron chi connectivity index (χ0n) is 21.8. The van der Waals surface area contributed by atoms with E-state index in [-0.39, 0.29) is 48.5 Å². The molecule has 1 atom stereocenters. The van der Waals surface area contributed by atoms with Crippen molar-refractivity contribution in [1.29, 1.82) is 0 Å². The van der Waals surface area contributed by atoms with Gasteiger partial charge in [-0.05, 0) is 55.4 Å². The number of halogens is 4. The van der Waals surface area contributed by atoms with Crippen LogP contribution in [-0.2, 0) is 16.1 Å². The van der Waals surface area contributed by atoms with Crippen LogP contribution < -0.4 is 15.4 Å². The van der Waals surface area contributed by atoms with Gasteiger partial charge < -0.3 is 20.3 Å². The second kappa shape index (κ2) is 12.1. The van der Waals surface area contributed by atoms with Crippen molar-refractivity contribution in [2.75, 3.05) is 19.6 Å². The van der Waals surface area contributed by atoms with Crippen LogP contribution >= 0.6 is 12.4 Å². The van der Waals surface area contributed by atoms with E-state index < -0.39 is 17.9 Å². The highest BCUT2D eigenvalue weighted by atomic mass is 35.5. The highest BCUT2D eigenvalue weighted by Crippen LogP contribution is 2.33. The highest BCUT2D eigenvalue weighted by Gasteiger charge is 2.52. The van der Waals surface area contributed by atoms with Crippen LogP contribution in [0.25, 0.3) is 0 Å². The maximum atomic E-state index is 13.3. The summed E-state index contributed by atoms with van der Waals surface area (Å²) in [6.45, 7) is 1.92. The van der Waals surface area contributed by atoms with Gasteiger partial charge in [0.05, 0.1) is 12.6 Å². The van der Waals surface area contributed by atoms with Crippen molar-refractivity contribution in [2.24, 2.45) is 5.92 Å². The summed E-state index contributed by atoms with van der Waals surface area (Å²) in [5.41, 5.74) is 0.598. The number of alkyl halides is 3. The zero-order valence-corrected chi connectivity index (χ0v) is 22.6. The van der Waals surface area contributed by atoms with E-state index >= 15 is 0 Å². The summed E-state index contributed by atoms with van der Waals surface area (Å²) in [5, 5.41) is 6.06. The average Bonchev–Trinajstić information content (AvgIpc) is 3.73. The van der Waals surface area contributed by atoms with Crippen LogP contribution in [0, 0.1) is 5.92 Å². The van der Waals surface area contributed by atoms with Gasteiger partial charge in [0.25, 0.3) is 5.91 Å². The normalized spacial score (nSPS) is 19.6. The number of nitrogens with zero attached hydrogens (tertiary/aromatic N) is 2. The second-order valence-corrected chi connectivity index (χ2v) is 10.5. The van der Waals surface area contributed by atoms with Crippen LogP contribution in [0.15, 0.2) is 54.6 Å². The number of amides is 4. The van der Waals surface area contributed by atoms with E-state index in [0.717, 1.165) is 48.4 Å². The Morgan fingerprint density at radius 2 is 1.70 bits per heavy atom. The van der Waals surface area contributed by atoms with E-state index in [1.807, 2.05) is 30.3 Å². The fraction of sp³-hybridized carbons (Fsp3) is 0.464. The number of rotatable bonds is 9. The van der Waals surface area contributed by atoms with Crippen molar-refractivity contribution in [3.8, 4) is 5.75 Å².